The molecule has 2 rings (SSSR count). The number of aromatic carboxylic acids is 1. The lowest BCUT2D eigenvalue weighted by Crippen LogP contribution is -2.29. The van der Waals surface area contributed by atoms with Gasteiger partial charge in [-0.05, 0) is 24.3 Å². The molecule has 0 atom stereocenters. The van der Waals surface area contributed by atoms with E-state index in [4.69, 9.17) is 5.11 Å². The number of carboxylic acid groups (broad SMARTS) is 1. The third-order valence-electron chi connectivity index (χ3n) is 2.46. The zero-order valence-corrected chi connectivity index (χ0v) is 10.4. The first-order valence-corrected chi connectivity index (χ1v) is 5.80. The van der Waals surface area contributed by atoms with E-state index in [1.54, 1.807) is 24.3 Å². The second-order valence-corrected chi connectivity index (χ2v) is 3.87. The molecule has 0 aliphatic heterocycles. The van der Waals surface area contributed by atoms with Crippen molar-refractivity contribution in [1.29, 1.82) is 0 Å². The Morgan fingerprint density at radius 1 is 1.15 bits per heavy atom. The Kier molecular flexibility index (Phi) is 4.23. The van der Waals surface area contributed by atoms with Crippen LogP contribution in [-0.4, -0.2) is 27.3 Å². The molecule has 1 heterocycles. The number of carbonyl (C=O) groups is 2. The Morgan fingerprint density at radius 3 is 2.65 bits per heavy atom. The quantitative estimate of drug-likeness (QED) is 0.782. The highest BCUT2D eigenvalue weighted by Gasteiger charge is 2.11. The van der Waals surface area contributed by atoms with Crippen molar-refractivity contribution in [1.82, 2.24) is 15.5 Å². The van der Waals surface area contributed by atoms with Gasteiger partial charge >= 0.3 is 12.0 Å². The van der Waals surface area contributed by atoms with Gasteiger partial charge in [0.1, 0.15) is 0 Å². The van der Waals surface area contributed by atoms with Crippen LogP contribution in [0.4, 0.5) is 10.5 Å². The Balaban J connectivity index is 1.97. The first-order chi connectivity index (χ1) is 9.66. The molecule has 7 nitrogen and oxygen atoms in total. The minimum atomic E-state index is -1.10. The molecule has 0 radical (unpaired) electrons. The standard InChI is InChI=1S/C13H12N4O3/c18-12(19)10-5-1-2-6-11(10)16-13(20)14-8-9-4-3-7-15-17-9/h1-7H,8H2,(H,18,19)(H2,14,16,20). The normalized spacial score (nSPS) is 9.80. The number of aromatic nitrogens is 2. The highest BCUT2D eigenvalue weighted by molar-refractivity contribution is 5.99. The summed E-state index contributed by atoms with van der Waals surface area (Å²) in [5.74, 6) is -1.10. The largest absolute Gasteiger partial charge is 0.478 e. The first kappa shape index (κ1) is 13.5. The van der Waals surface area contributed by atoms with Gasteiger partial charge in [0, 0.05) is 6.20 Å². The first-order valence-electron chi connectivity index (χ1n) is 5.80. The summed E-state index contributed by atoms with van der Waals surface area (Å²) in [4.78, 5) is 22.7. The topological polar surface area (TPSA) is 104 Å². The molecule has 0 fully saturated rings. The number of hydrogen-bond acceptors (Lipinski definition) is 4. The van der Waals surface area contributed by atoms with Crippen molar-refractivity contribution in [2.24, 2.45) is 0 Å². The van der Waals surface area contributed by atoms with Crippen molar-refractivity contribution < 1.29 is 14.7 Å². The van der Waals surface area contributed by atoms with Gasteiger partial charge < -0.3 is 15.7 Å². The highest BCUT2D eigenvalue weighted by atomic mass is 16.4. The van der Waals surface area contributed by atoms with Gasteiger partial charge in [-0.15, -0.1) is 0 Å². The maximum absolute atomic E-state index is 11.7. The predicted octanol–water partition coefficient (Wildman–Crippen LogP) is 1.50. The molecule has 7 heteroatoms. The molecule has 0 bridgehead atoms. The van der Waals surface area contributed by atoms with Crippen LogP contribution in [0, 0.1) is 0 Å². The van der Waals surface area contributed by atoms with Crippen LogP contribution in [0.3, 0.4) is 0 Å². The van der Waals surface area contributed by atoms with E-state index in [1.165, 1.54) is 18.3 Å². The number of nitrogens with one attached hydrogen (secondary N) is 2. The van der Waals surface area contributed by atoms with Crippen molar-refractivity contribution in [2.45, 2.75) is 6.54 Å². The second-order valence-electron chi connectivity index (χ2n) is 3.87. The van der Waals surface area contributed by atoms with Gasteiger partial charge in [-0.2, -0.15) is 10.2 Å². The average Bonchev–Trinajstić information content (AvgIpc) is 2.46. The van der Waals surface area contributed by atoms with E-state index in [0.717, 1.165) is 0 Å². The second kappa shape index (κ2) is 6.28. The van der Waals surface area contributed by atoms with Gasteiger partial charge in [0.15, 0.2) is 0 Å². The Labute approximate surface area is 114 Å². The Hall–Kier alpha value is -2.96. The van der Waals surface area contributed by atoms with Crippen LogP contribution in [-0.2, 0) is 6.54 Å². The van der Waals surface area contributed by atoms with Crippen molar-refractivity contribution in [3.8, 4) is 0 Å². The molecular weight excluding hydrogens is 260 g/mol. The van der Waals surface area contributed by atoms with Gasteiger partial charge in [0.2, 0.25) is 0 Å². The van der Waals surface area contributed by atoms with Crippen molar-refractivity contribution >= 4 is 17.7 Å². The molecule has 0 saturated carbocycles. The lowest BCUT2D eigenvalue weighted by molar-refractivity contribution is 0.0698. The van der Waals surface area contributed by atoms with Crippen molar-refractivity contribution in [2.75, 3.05) is 5.32 Å². The number of para-hydroxylation sites is 1. The smallest absolute Gasteiger partial charge is 0.337 e. The summed E-state index contributed by atoms with van der Waals surface area (Å²) in [6.07, 6.45) is 1.53. The summed E-state index contributed by atoms with van der Waals surface area (Å²) < 4.78 is 0. The van der Waals surface area contributed by atoms with Gasteiger partial charge in [-0.25, -0.2) is 9.59 Å². The summed E-state index contributed by atoms with van der Waals surface area (Å²) in [6.45, 7) is 0.203. The number of benzene rings is 1. The highest BCUT2D eigenvalue weighted by Crippen LogP contribution is 2.14. The summed E-state index contributed by atoms with van der Waals surface area (Å²) in [6, 6.07) is 9.09. The summed E-state index contributed by atoms with van der Waals surface area (Å²) in [7, 11) is 0. The van der Waals surface area contributed by atoms with Crippen LogP contribution < -0.4 is 10.6 Å². The third-order valence-corrected chi connectivity index (χ3v) is 2.46. The fraction of sp³-hybridized carbons (Fsp3) is 0.0769. The predicted molar refractivity (Wildman–Crippen MR) is 71.3 cm³/mol. The molecule has 0 aliphatic carbocycles. The number of urea groups is 1. The van der Waals surface area contributed by atoms with E-state index in [0.29, 0.717) is 5.69 Å². The van der Waals surface area contributed by atoms with Crippen molar-refractivity contribution in [3.63, 3.8) is 0 Å². The van der Waals surface area contributed by atoms with Crippen LogP contribution in [0.15, 0.2) is 42.6 Å². The number of carboxylic acids is 1. The lowest BCUT2D eigenvalue weighted by Gasteiger charge is -2.09. The third kappa shape index (κ3) is 3.52. The molecular formula is C13H12N4O3. The number of nitrogens with zero attached hydrogens (tertiary/aromatic N) is 2. The molecule has 2 amide bonds. The molecule has 0 unspecified atom stereocenters. The molecule has 0 spiro atoms. The maximum atomic E-state index is 11.7. The Bertz CT molecular complexity index is 616. The van der Waals surface area contributed by atoms with Gasteiger partial charge in [-0.1, -0.05) is 12.1 Å². The molecule has 2 aromatic rings. The molecule has 1 aromatic heterocycles. The van der Waals surface area contributed by atoms with E-state index in [2.05, 4.69) is 20.8 Å². The van der Waals surface area contributed by atoms with Gasteiger partial charge in [-0.3, -0.25) is 0 Å². The number of anilines is 1. The lowest BCUT2D eigenvalue weighted by atomic mass is 10.2. The number of hydrogen-bond donors (Lipinski definition) is 3. The fourth-order valence-electron chi connectivity index (χ4n) is 1.54. The maximum Gasteiger partial charge on any atom is 0.337 e. The number of rotatable bonds is 4. The molecule has 3 N–H and O–H groups in total. The average molecular weight is 272 g/mol. The van der Waals surface area contributed by atoms with Crippen LogP contribution in [0.2, 0.25) is 0 Å². The van der Waals surface area contributed by atoms with Crippen LogP contribution in [0.1, 0.15) is 16.1 Å². The van der Waals surface area contributed by atoms with Crippen LogP contribution in [0.5, 0.6) is 0 Å². The van der Waals surface area contributed by atoms with E-state index < -0.39 is 12.0 Å². The Morgan fingerprint density at radius 2 is 1.95 bits per heavy atom. The van der Waals surface area contributed by atoms with Gasteiger partial charge in [0.05, 0.1) is 23.5 Å². The fourth-order valence-corrected chi connectivity index (χ4v) is 1.54. The molecule has 0 aliphatic rings. The summed E-state index contributed by atoms with van der Waals surface area (Å²) in [5, 5.41) is 21.5. The SMILES string of the molecule is O=C(NCc1cccnn1)Nc1ccccc1C(=O)O. The van der Waals surface area contributed by atoms with Crippen molar-refractivity contribution in [3.05, 3.63) is 53.9 Å². The molecule has 0 saturated heterocycles. The molecule has 20 heavy (non-hydrogen) atoms. The zero-order chi connectivity index (χ0) is 14.4. The minimum absolute atomic E-state index is 0.0298. The van der Waals surface area contributed by atoms with Crippen LogP contribution in [0.25, 0.3) is 0 Å². The van der Waals surface area contributed by atoms with Crippen LogP contribution >= 0.6 is 0 Å². The summed E-state index contributed by atoms with van der Waals surface area (Å²) in [5.41, 5.74) is 0.868. The number of carbonyl (C=O) groups excluding carboxylic acids is 1. The number of amides is 2. The molecule has 102 valence electrons. The van der Waals surface area contributed by atoms with E-state index in [-0.39, 0.29) is 17.8 Å². The zero-order valence-electron chi connectivity index (χ0n) is 10.4. The molecule has 1 aromatic carbocycles. The monoisotopic (exact) mass is 272 g/mol. The van der Waals surface area contributed by atoms with E-state index in [9.17, 15) is 9.59 Å². The van der Waals surface area contributed by atoms with Gasteiger partial charge in [0.25, 0.3) is 0 Å². The summed E-state index contributed by atoms with van der Waals surface area (Å²) >= 11 is 0. The minimum Gasteiger partial charge on any atom is -0.478 e. The van der Waals surface area contributed by atoms with E-state index >= 15 is 0 Å². The van der Waals surface area contributed by atoms with E-state index in [1.807, 2.05) is 0 Å².